The van der Waals surface area contributed by atoms with E-state index in [0.29, 0.717) is 19.4 Å². The van der Waals surface area contributed by atoms with E-state index in [1.54, 1.807) is 24.6 Å². The summed E-state index contributed by atoms with van der Waals surface area (Å²) in [6.45, 7) is 0.714. The number of aryl methyl sites for hydroxylation is 2. The van der Waals surface area contributed by atoms with Crippen molar-refractivity contribution in [2.45, 2.75) is 32.1 Å². The van der Waals surface area contributed by atoms with Gasteiger partial charge in [-0.2, -0.15) is 0 Å². The van der Waals surface area contributed by atoms with Crippen molar-refractivity contribution < 1.29 is 9.53 Å². The van der Waals surface area contributed by atoms with E-state index >= 15 is 0 Å². The van der Waals surface area contributed by atoms with Gasteiger partial charge in [0.1, 0.15) is 10.8 Å². The second kappa shape index (κ2) is 10.6. The molecule has 0 aliphatic carbocycles. The number of amides is 1. The van der Waals surface area contributed by atoms with Crippen LogP contribution in [-0.2, 0) is 17.6 Å². The molecular formula is C22H25N3O2S. The van der Waals surface area contributed by atoms with Crippen molar-refractivity contribution in [1.82, 2.24) is 15.3 Å². The molecule has 5 nitrogen and oxygen atoms in total. The maximum absolute atomic E-state index is 12.0. The number of carbonyl (C=O) groups is 1. The molecule has 6 heteroatoms. The van der Waals surface area contributed by atoms with Crippen molar-refractivity contribution in [3.8, 4) is 16.5 Å². The molecule has 0 bridgehead atoms. The van der Waals surface area contributed by atoms with Crippen LogP contribution in [0.1, 0.15) is 30.5 Å². The summed E-state index contributed by atoms with van der Waals surface area (Å²) in [7, 11) is 1.67. The number of methoxy groups -OCH3 is 1. The Balaban J connectivity index is 1.31. The molecule has 1 amide bonds. The lowest BCUT2D eigenvalue weighted by Crippen LogP contribution is -2.24. The number of unbranched alkanes of at least 4 members (excludes halogenated alkanes) is 1. The molecule has 0 saturated heterocycles. The largest absolute Gasteiger partial charge is 0.497 e. The number of hydrogen-bond donors (Lipinski definition) is 1. The average molecular weight is 396 g/mol. The molecule has 0 atom stereocenters. The highest BCUT2D eigenvalue weighted by atomic mass is 32.1. The van der Waals surface area contributed by atoms with Gasteiger partial charge in [-0.15, -0.1) is 11.3 Å². The minimum absolute atomic E-state index is 0.0804. The first-order valence-electron chi connectivity index (χ1n) is 9.50. The number of benzene rings is 1. The van der Waals surface area contributed by atoms with Gasteiger partial charge in [-0.1, -0.05) is 18.2 Å². The average Bonchev–Trinajstić information content (AvgIpc) is 3.22. The van der Waals surface area contributed by atoms with Gasteiger partial charge >= 0.3 is 0 Å². The highest BCUT2D eigenvalue weighted by molar-refractivity contribution is 7.13. The maximum atomic E-state index is 12.0. The van der Waals surface area contributed by atoms with Crippen LogP contribution in [0.4, 0.5) is 0 Å². The summed E-state index contributed by atoms with van der Waals surface area (Å²) >= 11 is 1.57. The number of ether oxygens (including phenoxy) is 1. The molecule has 3 rings (SSSR count). The standard InChI is InChI=1S/C22H25N3O2S/c1-27-19-11-8-17(9-12-19)6-2-4-15-24-21(26)13-10-18-16-28-22(25-18)20-7-3-5-14-23-20/h3,5,7-9,11-12,14,16H,2,4,6,10,13,15H2,1H3,(H,24,26). The first-order chi connectivity index (χ1) is 13.7. The minimum Gasteiger partial charge on any atom is -0.497 e. The van der Waals surface area contributed by atoms with Crippen molar-refractivity contribution in [2.24, 2.45) is 0 Å². The van der Waals surface area contributed by atoms with Crippen LogP contribution < -0.4 is 10.1 Å². The monoisotopic (exact) mass is 395 g/mol. The minimum atomic E-state index is 0.0804. The molecule has 1 N–H and O–H groups in total. The fraction of sp³-hybridized carbons (Fsp3) is 0.318. The van der Waals surface area contributed by atoms with Gasteiger partial charge in [0.05, 0.1) is 18.5 Å². The van der Waals surface area contributed by atoms with Crippen LogP contribution in [-0.4, -0.2) is 29.5 Å². The predicted molar refractivity (Wildman–Crippen MR) is 113 cm³/mol. The van der Waals surface area contributed by atoms with E-state index in [4.69, 9.17) is 4.74 Å². The fourth-order valence-electron chi connectivity index (χ4n) is 2.83. The van der Waals surface area contributed by atoms with Crippen molar-refractivity contribution in [3.05, 3.63) is 65.3 Å². The van der Waals surface area contributed by atoms with E-state index in [1.165, 1.54) is 5.56 Å². The third kappa shape index (κ3) is 6.16. The lowest BCUT2D eigenvalue weighted by atomic mass is 10.1. The van der Waals surface area contributed by atoms with Crippen LogP contribution >= 0.6 is 11.3 Å². The van der Waals surface area contributed by atoms with Gasteiger partial charge in [0.15, 0.2) is 0 Å². The molecule has 146 valence electrons. The molecule has 1 aromatic carbocycles. The quantitative estimate of drug-likeness (QED) is 0.520. The second-order valence-corrected chi connectivity index (χ2v) is 7.37. The second-order valence-electron chi connectivity index (χ2n) is 6.51. The van der Waals surface area contributed by atoms with Crippen LogP contribution in [0.5, 0.6) is 5.75 Å². The number of hydrogen-bond acceptors (Lipinski definition) is 5. The number of rotatable bonds is 10. The number of carbonyl (C=O) groups excluding carboxylic acids is 1. The van der Waals surface area contributed by atoms with Gasteiger partial charge in [-0.05, 0) is 55.5 Å². The molecule has 2 heterocycles. The molecule has 0 radical (unpaired) electrons. The number of pyridine rings is 1. The first kappa shape index (κ1) is 20.0. The van der Waals surface area contributed by atoms with Crippen molar-refractivity contribution in [1.29, 1.82) is 0 Å². The molecule has 28 heavy (non-hydrogen) atoms. The zero-order valence-electron chi connectivity index (χ0n) is 16.1. The number of nitrogens with zero attached hydrogens (tertiary/aromatic N) is 2. The molecule has 0 fully saturated rings. The summed E-state index contributed by atoms with van der Waals surface area (Å²) < 4.78 is 5.16. The predicted octanol–water partition coefficient (Wildman–Crippen LogP) is 4.29. The first-order valence-corrected chi connectivity index (χ1v) is 10.4. The van der Waals surface area contributed by atoms with Crippen LogP contribution in [0.25, 0.3) is 10.7 Å². The summed E-state index contributed by atoms with van der Waals surface area (Å²) in [6, 6.07) is 13.9. The third-order valence-corrected chi connectivity index (χ3v) is 5.33. The Morgan fingerprint density at radius 3 is 2.71 bits per heavy atom. The smallest absolute Gasteiger partial charge is 0.220 e. The normalized spacial score (nSPS) is 10.6. The summed E-state index contributed by atoms with van der Waals surface area (Å²) in [4.78, 5) is 20.9. The van der Waals surface area contributed by atoms with Gasteiger partial charge in [0, 0.05) is 24.5 Å². The number of aromatic nitrogens is 2. The molecule has 0 spiro atoms. The van der Waals surface area contributed by atoms with E-state index < -0.39 is 0 Å². The topological polar surface area (TPSA) is 64.1 Å². The summed E-state index contributed by atoms with van der Waals surface area (Å²) in [5.41, 5.74) is 3.11. The van der Waals surface area contributed by atoms with Crippen molar-refractivity contribution in [2.75, 3.05) is 13.7 Å². The summed E-state index contributed by atoms with van der Waals surface area (Å²) in [5.74, 6) is 0.958. The Morgan fingerprint density at radius 1 is 1.11 bits per heavy atom. The SMILES string of the molecule is COc1ccc(CCCCNC(=O)CCc2csc(-c3ccccn3)n2)cc1. The highest BCUT2D eigenvalue weighted by Crippen LogP contribution is 2.21. The Morgan fingerprint density at radius 2 is 1.96 bits per heavy atom. The zero-order chi connectivity index (χ0) is 19.6. The van der Waals surface area contributed by atoms with E-state index in [2.05, 4.69) is 27.4 Å². The van der Waals surface area contributed by atoms with Gasteiger partial charge in [-0.25, -0.2) is 4.98 Å². The molecule has 3 aromatic rings. The van der Waals surface area contributed by atoms with Gasteiger partial charge < -0.3 is 10.1 Å². The Hall–Kier alpha value is -2.73. The lowest BCUT2D eigenvalue weighted by molar-refractivity contribution is -0.121. The fourth-order valence-corrected chi connectivity index (χ4v) is 3.66. The van der Waals surface area contributed by atoms with E-state index in [1.807, 2.05) is 35.7 Å². The highest BCUT2D eigenvalue weighted by Gasteiger charge is 2.08. The van der Waals surface area contributed by atoms with Gasteiger partial charge in [0.2, 0.25) is 5.91 Å². The van der Waals surface area contributed by atoms with E-state index in [9.17, 15) is 4.79 Å². The van der Waals surface area contributed by atoms with Gasteiger partial charge in [0.25, 0.3) is 0 Å². The van der Waals surface area contributed by atoms with E-state index in [0.717, 1.165) is 41.4 Å². The molecule has 0 aliphatic heterocycles. The van der Waals surface area contributed by atoms with E-state index in [-0.39, 0.29) is 5.91 Å². The zero-order valence-corrected chi connectivity index (χ0v) is 16.9. The molecule has 2 aromatic heterocycles. The van der Waals surface area contributed by atoms with Crippen LogP contribution in [0, 0.1) is 0 Å². The Labute approximate surface area is 169 Å². The lowest BCUT2D eigenvalue weighted by Gasteiger charge is -2.06. The number of nitrogens with one attached hydrogen (secondary N) is 1. The van der Waals surface area contributed by atoms with Crippen molar-refractivity contribution in [3.63, 3.8) is 0 Å². The van der Waals surface area contributed by atoms with Crippen LogP contribution in [0.2, 0.25) is 0 Å². The molecule has 0 aliphatic rings. The van der Waals surface area contributed by atoms with Crippen LogP contribution in [0.15, 0.2) is 54.0 Å². The number of thiazole rings is 1. The molecular weight excluding hydrogens is 370 g/mol. The Kier molecular flexibility index (Phi) is 7.55. The Bertz CT molecular complexity index is 863. The molecule has 0 unspecified atom stereocenters. The van der Waals surface area contributed by atoms with Gasteiger partial charge in [-0.3, -0.25) is 9.78 Å². The van der Waals surface area contributed by atoms with Crippen LogP contribution in [0.3, 0.4) is 0 Å². The maximum Gasteiger partial charge on any atom is 0.220 e. The molecule has 0 saturated carbocycles. The van der Waals surface area contributed by atoms with Crippen molar-refractivity contribution >= 4 is 17.2 Å². The summed E-state index contributed by atoms with van der Waals surface area (Å²) in [5, 5.41) is 5.90. The third-order valence-electron chi connectivity index (χ3n) is 4.42. The summed E-state index contributed by atoms with van der Waals surface area (Å²) in [6.07, 6.45) is 5.91.